The highest BCUT2D eigenvalue weighted by Crippen LogP contribution is 2.36. The first-order valence-corrected chi connectivity index (χ1v) is 11.8. The van der Waals surface area contributed by atoms with Gasteiger partial charge in [-0.25, -0.2) is 4.98 Å². The third-order valence-electron chi connectivity index (χ3n) is 6.52. The molecule has 1 amide bonds. The first kappa shape index (κ1) is 23.6. The van der Waals surface area contributed by atoms with Crippen LogP contribution in [0.1, 0.15) is 0 Å². The van der Waals surface area contributed by atoms with Crippen LogP contribution in [0.5, 0.6) is 11.5 Å². The number of ether oxygens (including phenoxy) is 2. The molecule has 186 valence electrons. The molecule has 1 aliphatic rings. The first-order valence-electron chi connectivity index (χ1n) is 11.8. The Hall–Kier alpha value is -4.18. The largest absolute Gasteiger partial charge is 0.493 e. The third kappa shape index (κ3) is 4.55. The number of para-hydroxylation sites is 1. The Morgan fingerprint density at radius 1 is 0.972 bits per heavy atom. The van der Waals surface area contributed by atoms with E-state index in [9.17, 15) is 4.79 Å². The van der Waals surface area contributed by atoms with Gasteiger partial charge in [0.15, 0.2) is 11.5 Å². The fraction of sp³-hybridized carbons (Fsp3) is 0.308. The topological polar surface area (TPSA) is 88.3 Å². The summed E-state index contributed by atoms with van der Waals surface area (Å²) in [5, 5.41) is 4.45. The van der Waals surface area contributed by atoms with E-state index < -0.39 is 0 Å². The Balaban J connectivity index is 1.36. The van der Waals surface area contributed by atoms with Gasteiger partial charge in [0.2, 0.25) is 5.91 Å². The molecule has 2 aromatic heterocycles. The fourth-order valence-electron chi connectivity index (χ4n) is 4.49. The molecule has 0 saturated carbocycles. The monoisotopic (exact) mass is 487 g/mol. The smallest absolute Gasteiger partial charge is 0.254 e. The van der Waals surface area contributed by atoms with Crippen LogP contribution in [0.25, 0.3) is 16.9 Å². The average molecular weight is 488 g/mol. The highest BCUT2D eigenvalue weighted by atomic mass is 16.5. The van der Waals surface area contributed by atoms with Crippen molar-refractivity contribution >= 4 is 23.2 Å². The van der Waals surface area contributed by atoms with Gasteiger partial charge in [-0.3, -0.25) is 9.69 Å². The van der Waals surface area contributed by atoms with Crippen LogP contribution in [-0.4, -0.2) is 84.4 Å². The number of likely N-dealkylation sites (N-methyl/N-ethyl adjacent to an activating group) is 1. The number of hydrogen-bond donors (Lipinski definition) is 0. The van der Waals surface area contributed by atoms with Crippen molar-refractivity contribution in [3.05, 3.63) is 61.1 Å². The summed E-state index contributed by atoms with van der Waals surface area (Å²) in [6, 6.07) is 15.5. The molecule has 36 heavy (non-hydrogen) atoms. The van der Waals surface area contributed by atoms with Gasteiger partial charge in [0.1, 0.15) is 12.1 Å². The zero-order chi connectivity index (χ0) is 25.1. The molecule has 10 heteroatoms. The predicted molar refractivity (Wildman–Crippen MR) is 138 cm³/mol. The molecule has 0 aliphatic carbocycles. The van der Waals surface area contributed by atoms with E-state index >= 15 is 0 Å². The minimum atomic E-state index is 0.0724. The van der Waals surface area contributed by atoms with E-state index in [-0.39, 0.29) is 5.91 Å². The lowest BCUT2D eigenvalue weighted by Gasteiger charge is -2.36. The van der Waals surface area contributed by atoms with Gasteiger partial charge in [-0.05, 0) is 29.8 Å². The molecule has 0 radical (unpaired) electrons. The van der Waals surface area contributed by atoms with Crippen molar-refractivity contribution in [2.75, 3.05) is 63.8 Å². The fourth-order valence-corrected chi connectivity index (χ4v) is 4.49. The van der Waals surface area contributed by atoms with Gasteiger partial charge in [-0.2, -0.15) is 14.6 Å². The molecule has 0 N–H and O–H groups in total. The summed E-state index contributed by atoms with van der Waals surface area (Å²) >= 11 is 0. The van der Waals surface area contributed by atoms with Gasteiger partial charge in [0.05, 0.1) is 20.8 Å². The van der Waals surface area contributed by atoms with Gasteiger partial charge >= 0.3 is 0 Å². The molecule has 0 atom stereocenters. The molecule has 1 saturated heterocycles. The highest BCUT2D eigenvalue weighted by molar-refractivity contribution is 5.94. The van der Waals surface area contributed by atoms with Gasteiger partial charge in [0, 0.05) is 50.7 Å². The van der Waals surface area contributed by atoms with E-state index in [1.807, 2.05) is 61.8 Å². The number of methoxy groups -OCH3 is 2. The van der Waals surface area contributed by atoms with Crippen molar-refractivity contribution in [1.82, 2.24) is 24.5 Å². The zero-order valence-corrected chi connectivity index (χ0v) is 20.7. The second-order valence-corrected chi connectivity index (χ2v) is 8.59. The van der Waals surface area contributed by atoms with Crippen LogP contribution in [0.2, 0.25) is 0 Å². The number of carbonyl (C=O) groups is 1. The van der Waals surface area contributed by atoms with Gasteiger partial charge in [0.25, 0.3) is 5.78 Å². The molecule has 2 aromatic carbocycles. The zero-order valence-electron chi connectivity index (χ0n) is 20.7. The van der Waals surface area contributed by atoms with Crippen LogP contribution in [-0.2, 0) is 4.79 Å². The Kier molecular flexibility index (Phi) is 6.68. The van der Waals surface area contributed by atoms with Gasteiger partial charge < -0.3 is 19.3 Å². The molecular formula is C26H29N7O3. The number of piperazine rings is 1. The van der Waals surface area contributed by atoms with E-state index in [0.29, 0.717) is 23.8 Å². The number of carbonyl (C=O) groups excluding carboxylic acids is 1. The number of fused-ring (bicyclic) bond motifs is 1. The molecule has 4 aromatic rings. The second kappa shape index (κ2) is 10.2. The quantitative estimate of drug-likeness (QED) is 0.393. The van der Waals surface area contributed by atoms with Crippen molar-refractivity contribution < 1.29 is 14.3 Å². The minimum Gasteiger partial charge on any atom is -0.493 e. The third-order valence-corrected chi connectivity index (χ3v) is 6.52. The van der Waals surface area contributed by atoms with Gasteiger partial charge in [-0.1, -0.05) is 24.3 Å². The Labute approximate surface area is 209 Å². The van der Waals surface area contributed by atoms with Crippen molar-refractivity contribution in [1.29, 1.82) is 0 Å². The lowest BCUT2D eigenvalue weighted by atomic mass is 10.1. The number of hydrogen-bond acceptors (Lipinski definition) is 8. The number of rotatable bonds is 7. The SMILES string of the molecule is COc1ccc(-c2cnc3ncnn3c2N2CCN(CC(=O)N(C)c3ccccc3)CC2)cc1OC. The summed E-state index contributed by atoms with van der Waals surface area (Å²) < 4.78 is 12.7. The molecule has 3 heterocycles. The Morgan fingerprint density at radius 3 is 2.44 bits per heavy atom. The number of aromatic nitrogens is 4. The Morgan fingerprint density at radius 2 is 1.72 bits per heavy atom. The Bertz CT molecular complexity index is 1350. The highest BCUT2D eigenvalue weighted by Gasteiger charge is 2.25. The summed E-state index contributed by atoms with van der Waals surface area (Å²) in [4.78, 5) is 27.8. The summed E-state index contributed by atoms with van der Waals surface area (Å²) in [6.07, 6.45) is 3.34. The number of nitrogens with zero attached hydrogens (tertiary/aromatic N) is 7. The summed E-state index contributed by atoms with van der Waals surface area (Å²) in [7, 11) is 5.06. The summed E-state index contributed by atoms with van der Waals surface area (Å²) in [5.74, 6) is 2.83. The van der Waals surface area contributed by atoms with Crippen LogP contribution >= 0.6 is 0 Å². The molecule has 0 unspecified atom stereocenters. The first-order chi connectivity index (χ1) is 17.6. The van der Waals surface area contributed by atoms with E-state index in [0.717, 1.165) is 48.8 Å². The number of anilines is 2. The van der Waals surface area contributed by atoms with Crippen LogP contribution in [0.3, 0.4) is 0 Å². The molecule has 1 fully saturated rings. The van der Waals surface area contributed by atoms with Crippen LogP contribution < -0.4 is 19.3 Å². The average Bonchev–Trinajstić information content (AvgIpc) is 3.41. The van der Waals surface area contributed by atoms with E-state index in [1.54, 1.807) is 23.6 Å². The minimum absolute atomic E-state index is 0.0724. The van der Waals surface area contributed by atoms with E-state index in [2.05, 4.69) is 24.9 Å². The normalized spacial score (nSPS) is 14.1. The van der Waals surface area contributed by atoms with Crippen molar-refractivity contribution in [3.63, 3.8) is 0 Å². The van der Waals surface area contributed by atoms with E-state index in [1.165, 1.54) is 6.33 Å². The van der Waals surface area contributed by atoms with Crippen molar-refractivity contribution in [2.24, 2.45) is 0 Å². The number of amides is 1. The van der Waals surface area contributed by atoms with Crippen LogP contribution in [0.15, 0.2) is 61.1 Å². The van der Waals surface area contributed by atoms with Crippen molar-refractivity contribution in [2.45, 2.75) is 0 Å². The maximum absolute atomic E-state index is 12.9. The standard InChI is InChI=1S/C26H29N7O3/c1-30(20-7-5-4-6-8-20)24(34)17-31-11-13-32(14-12-31)25-21(16-27-26-28-18-29-33(25)26)19-9-10-22(35-2)23(15-19)36-3/h4-10,15-16,18H,11-14,17H2,1-3H3. The lowest BCUT2D eigenvalue weighted by Crippen LogP contribution is -2.50. The number of benzene rings is 2. The molecule has 1 aliphatic heterocycles. The maximum atomic E-state index is 12.9. The van der Waals surface area contributed by atoms with E-state index in [4.69, 9.17) is 9.47 Å². The molecule has 0 bridgehead atoms. The molecular weight excluding hydrogens is 458 g/mol. The van der Waals surface area contributed by atoms with Gasteiger partial charge in [-0.15, -0.1) is 0 Å². The predicted octanol–water partition coefficient (Wildman–Crippen LogP) is 2.59. The summed E-state index contributed by atoms with van der Waals surface area (Å²) in [6.45, 7) is 3.34. The maximum Gasteiger partial charge on any atom is 0.254 e. The molecule has 5 rings (SSSR count). The van der Waals surface area contributed by atoms with Crippen molar-refractivity contribution in [3.8, 4) is 22.6 Å². The lowest BCUT2D eigenvalue weighted by molar-refractivity contribution is -0.119. The summed E-state index contributed by atoms with van der Waals surface area (Å²) in [5.41, 5.74) is 2.75. The second-order valence-electron chi connectivity index (χ2n) is 8.59. The molecule has 0 spiro atoms. The molecule has 10 nitrogen and oxygen atoms in total. The van der Waals surface area contributed by atoms with Crippen LogP contribution in [0, 0.1) is 0 Å². The van der Waals surface area contributed by atoms with Crippen LogP contribution in [0.4, 0.5) is 11.5 Å².